The molecule has 2 rings (SSSR count). The van der Waals surface area contributed by atoms with Crippen LogP contribution >= 0.6 is 0 Å². The maximum absolute atomic E-state index is 13.2. The minimum absolute atomic E-state index is 0.0591. The van der Waals surface area contributed by atoms with Crippen LogP contribution in [-0.4, -0.2) is 5.11 Å². The number of aliphatic hydroxyl groups excluding tert-OH is 1. The first-order chi connectivity index (χ1) is 9.77. The number of hydrogen-bond donors (Lipinski definition) is 1. The quantitative estimate of drug-likeness (QED) is 0.880. The molecule has 2 aromatic rings. The van der Waals surface area contributed by atoms with Crippen molar-refractivity contribution in [1.29, 1.82) is 0 Å². The third-order valence-electron chi connectivity index (χ3n) is 3.57. The van der Waals surface area contributed by atoms with Gasteiger partial charge < -0.3 is 5.11 Å². The normalized spacial score (nSPS) is 13.2. The summed E-state index contributed by atoms with van der Waals surface area (Å²) in [5, 5.41) is 10.2. The van der Waals surface area contributed by atoms with Crippen LogP contribution in [0.25, 0.3) is 0 Å². The third kappa shape index (κ3) is 3.88. The Labute approximate surface area is 124 Å². The van der Waals surface area contributed by atoms with Crippen molar-refractivity contribution in [3.8, 4) is 0 Å². The number of rotatable bonds is 3. The van der Waals surface area contributed by atoms with Crippen molar-refractivity contribution in [2.24, 2.45) is 0 Å². The van der Waals surface area contributed by atoms with E-state index in [1.54, 1.807) is 0 Å². The number of benzene rings is 2. The predicted octanol–water partition coefficient (Wildman–Crippen LogP) is 4.54. The van der Waals surface area contributed by atoms with Crippen molar-refractivity contribution in [2.45, 2.75) is 38.7 Å². The van der Waals surface area contributed by atoms with Crippen molar-refractivity contribution < 1.29 is 13.9 Å². The van der Waals surface area contributed by atoms with Gasteiger partial charge in [-0.05, 0) is 34.2 Å². The van der Waals surface area contributed by atoms with E-state index >= 15 is 0 Å². The molecule has 1 N–H and O–H groups in total. The molecule has 1 atom stereocenters. The molecule has 3 heteroatoms. The average molecular weight is 290 g/mol. The van der Waals surface area contributed by atoms with Crippen LogP contribution in [0.2, 0.25) is 0 Å². The Hall–Kier alpha value is -1.74. The van der Waals surface area contributed by atoms with Crippen LogP contribution in [0.3, 0.4) is 0 Å². The molecule has 2 aromatic carbocycles. The molecule has 21 heavy (non-hydrogen) atoms. The van der Waals surface area contributed by atoms with Gasteiger partial charge in [0.05, 0.1) is 6.10 Å². The SMILES string of the molecule is CC(C)(C)c1ccc(C(O)Cc2ccc(F)c(F)c2)cc1. The van der Waals surface area contributed by atoms with Gasteiger partial charge >= 0.3 is 0 Å². The Morgan fingerprint density at radius 1 is 0.952 bits per heavy atom. The molecule has 0 aliphatic carbocycles. The van der Waals surface area contributed by atoms with E-state index in [-0.39, 0.29) is 11.8 Å². The van der Waals surface area contributed by atoms with Crippen molar-refractivity contribution in [3.05, 3.63) is 70.8 Å². The summed E-state index contributed by atoms with van der Waals surface area (Å²) in [4.78, 5) is 0. The van der Waals surface area contributed by atoms with Crippen molar-refractivity contribution in [1.82, 2.24) is 0 Å². The molecule has 0 heterocycles. The highest BCUT2D eigenvalue weighted by Crippen LogP contribution is 2.25. The Morgan fingerprint density at radius 2 is 1.57 bits per heavy atom. The monoisotopic (exact) mass is 290 g/mol. The lowest BCUT2D eigenvalue weighted by Crippen LogP contribution is -2.11. The van der Waals surface area contributed by atoms with Crippen LogP contribution < -0.4 is 0 Å². The molecule has 0 aromatic heterocycles. The highest BCUT2D eigenvalue weighted by Gasteiger charge is 2.15. The van der Waals surface area contributed by atoms with Gasteiger partial charge in [0.2, 0.25) is 0 Å². The zero-order chi connectivity index (χ0) is 15.6. The topological polar surface area (TPSA) is 20.2 Å². The van der Waals surface area contributed by atoms with Crippen molar-refractivity contribution >= 4 is 0 Å². The Bertz CT molecular complexity index is 612. The first kappa shape index (κ1) is 15.6. The lowest BCUT2D eigenvalue weighted by molar-refractivity contribution is 0.178. The fourth-order valence-corrected chi connectivity index (χ4v) is 2.21. The predicted molar refractivity (Wildman–Crippen MR) is 80.2 cm³/mol. The van der Waals surface area contributed by atoms with Gasteiger partial charge in [-0.2, -0.15) is 0 Å². The Morgan fingerprint density at radius 3 is 2.10 bits per heavy atom. The Kier molecular flexibility index (Phi) is 4.43. The number of hydrogen-bond acceptors (Lipinski definition) is 1. The summed E-state index contributed by atoms with van der Waals surface area (Å²) in [6, 6.07) is 11.4. The van der Waals surface area contributed by atoms with Crippen LogP contribution in [0.15, 0.2) is 42.5 Å². The third-order valence-corrected chi connectivity index (χ3v) is 3.57. The van der Waals surface area contributed by atoms with Gasteiger partial charge in [0.25, 0.3) is 0 Å². The molecule has 0 bridgehead atoms. The molecule has 0 amide bonds. The maximum Gasteiger partial charge on any atom is 0.159 e. The maximum atomic E-state index is 13.2. The summed E-state index contributed by atoms with van der Waals surface area (Å²) < 4.78 is 26.0. The highest BCUT2D eigenvalue weighted by molar-refractivity contribution is 5.30. The van der Waals surface area contributed by atoms with Gasteiger partial charge in [0, 0.05) is 6.42 Å². The minimum atomic E-state index is -0.886. The minimum Gasteiger partial charge on any atom is -0.388 e. The average Bonchev–Trinajstić information content (AvgIpc) is 2.42. The molecule has 0 saturated carbocycles. The van der Waals surface area contributed by atoms with E-state index in [1.807, 2.05) is 24.3 Å². The molecule has 0 spiro atoms. The van der Waals surface area contributed by atoms with E-state index in [1.165, 1.54) is 11.6 Å². The summed E-state index contributed by atoms with van der Waals surface area (Å²) in [5.74, 6) is -1.76. The highest BCUT2D eigenvalue weighted by atomic mass is 19.2. The van der Waals surface area contributed by atoms with Gasteiger partial charge in [0.1, 0.15) is 0 Å². The molecule has 0 radical (unpaired) electrons. The Balaban J connectivity index is 2.13. The van der Waals surface area contributed by atoms with Crippen LogP contribution in [0.5, 0.6) is 0 Å². The molecule has 1 nitrogen and oxygen atoms in total. The lowest BCUT2D eigenvalue weighted by atomic mass is 9.86. The molecular weight excluding hydrogens is 270 g/mol. The molecule has 0 saturated heterocycles. The van der Waals surface area contributed by atoms with Gasteiger partial charge in [-0.15, -0.1) is 0 Å². The zero-order valence-electron chi connectivity index (χ0n) is 12.5. The zero-order valence-corrected chi connectivity index (χ0v) is 12.5. The van der Waals surface area contributed by atoms with Crippen LogP contribution in [0.1, 0.15) is 43.6 Å². The first-order valence-electron chi connectivity index (χ1n) is 7.00. The molecular formula is C18H20F2O. The van der Waals surface area contributed by atoms with E-state index in [4.69, 9.17) is 0 Å². The summed E-state index contributed by atoms with van der Waals surface area (Å²) in [5.41, 5.74) is 2.59. The smallest absolute Gasteiger partial charge is 0.159 e. The molecule has 1 unspecified atom stereocenters. The van der Waals surface area contributed by atoms with Gasteiger partial charge in [-0.1, -0.05) is 51.1 Å². The van der Waals surface area contributed by atoms with Crippen LogP contribution in [0.4, 0.5) is 8.78 Å². The number of halogens is 2. The van der Waals surface area contributed by atoms with Gasteiger partial charge in [0.15, 0.2) is 11.6 Å². The van der Waals surface area contributed by atoms with E-state index in [2.05, 4.69) is 20.8 Å². The molecule has 0 aliphatic heterocycles. The van der Waals surface area contributed by atoms with Crippen molar-refractivity contribution in [3.63, 3.8) is 0 Å². The molecule has 0 fully saturated rings. The largest absolute Gasteiger partial charge is 0.388 e. The standard InChI is InChI=1S/C18H20F2O/c1-18(2,3)14-7-5-13(6-8-14)17(21)11-12-4-9-15(19)16(20)10-12/h4-10,17,21H,11H2,1-3H3. The number of aliphatic hydroxyl groups is 1. The van der Waals surface area contributed by atoms with E-state index < -0.39 is 17.7 Å². The first-order valence-corrected chi connectivity index (χ1v) is 7.00. The van der Waals surface area contributed by atoms with Crippen LogP contribution in [-0.2, 0) is 11.8 Å². The molecule has 0 aliphatic rings. The summed E-state index contributed by atoms with van der Waals surface area (Å²) in [6.45, 7) is 6.37. The fraction of sp³-hybridized carbons (Fsp3) is 0.333. The summed E-state index contributed by atoms with van der Waals surface area (Å²) in [6.07, 6.45) is -0.477. The summed E-state index contributed by atoms with van der Waals surface area (Å²) in [7, 11) is 0. The molecule has 112 valence electrons. The second-order valence-corrected chi connectivity index (χ2v) is 6.34. The van der Waals surface area contributed by atoms with E-state index in [9.17, 15) is 13.9 Å². The van der Waals surface area contributed by atoms with E-state index in [0.717, 1.165) is 17.7 Å². The second-order valence-electron chi connectivity index (χ2n) is 6.34. The van der Waals surface area contributed by atoms with E-state index in [0.29, 0.717) is 5.56 Å². The fourth-order valence-electron chi connectivity index (χ4n) is 2.21. The second kappa shape index (κ2) is 5.94. The van der Waals surface area contributed by atoms with Crippen LogP contribution in [0, 0.1) is 11.6 Å². The van der Waals surface area contributed by atoms with Gasteiger partial charge in [-0.25, -0.2) is 8.78 Å². The van der Waals surface area contributed by atoms with Crippen molar-refractivity contribution in [2.75, 3.05) is 0 Å². The summed E-state index contributed by atoms with van der Waals surface area (Å²) >= 11 is 0. The lowest BCUT2D eigenvalue weighted by Gasteiger charge is -2.20. The van der Waals surface area contributed by atoms with Gasteiger partial charge in [-0.3, -0.25) is 0 Å².